The first kappa shape index (κ1) is 17.2. The Kier molecular flexibility index (Phi) is 6.40. The molecular formula is C17H25NO3. The Morgan fingerprint density at radius 1 is 1.19 bits per heavy atom. The van der Waals surface area contributed by atoms with Crippen molar-refractivity contribution >= 4 is 11.9 Å². The molecule has 1 amide bonds. The molecule has 0 fully saturated rings. The fraction of sp³-hybridized carbons (Fsp3) is 0.529. The topological polar surface area (TPSA) is 66.4 Å². The molecule has 0 saturated heterocycles. The van der Waals surface area contributed by atoms with E-state index in [1.165, 1.54) is 0 Å². The second-order valence-corrected chi connectivity index (χ2v) is 6.07. The number of amides is 1. The van der Waals surface area contributed by atoms with E-state index in [4.69, 9.17) is 5.11 Å². The Balaban J connectivity index is 2.41. The van der Waals surface area contributed by atoms with E-state index < -0.39 is 11.4 Å². The minimum atomic E-state index is -0.768. The van der Waals surface area contributed by atoms with Crippen LogP contribution in [0.2, 0.25) is 0 Å². The molecule has 0 spiro atoms. The van der Waals surface area contributed by atoms with Gasteiger partial charge < -0.3 is 10.4 Å². The molecule has 0 bridgehead atoms. The molecule has 0 aliphatic rings. The highest BCUT2D eigenvalue weighted by atomic mass is 16.4. The number of nitrogens with one attached hydrogen (secondary N) is 1. The number of benzene rings is 1. The summed E-state index contributed by atoms with van der Waals surface area (Å²) >= 11 is 0. The first-order chi connectivity index (χ1) is 9.84. The molecular weight excluding hydrogens is 266 g/mol. The number of carboxylic acid groups (broad SMARTS) is 1. The number of carboxylic acids is 1. The van der Waals surface area contributed by atoms with E-state index in [0.29, 0.717) is 18.9 Å². The van der Waals surface area contributed by atoms with E-state index in [1.807, 2.05) is 51.1 Å². The summed E-state index contributed by atoms with van der Waals surface area (Å²) in [7, 11) is 0. The van der Waals surface area contributed by atoms with Gasteiger partial charge in [-0.1, -0.05) is 37.3 Å². The van der Waals surface area contributed by atoms with Gasteiger partial charge in [0.25, 0.3) is 0 Å². The van der Waals surface area contributed by atoms with Crippen molar-refractivity contribution in [3.05, 3.63) is 35.9 Å². The van der Waals surface area contributed by atoms with Gasteiger partial charge in [-0.2, -0.15) is 0 Å². The molecule has 1 unspecified atom stereocenters. The summed E-state index contributed by atoms with van der Waals surface area (Å²) in [5.41, 5.74) is 0.424. The second kappa shape index (κ2) is 7.81. The van der Waals surface area contributed by atoms with Crippen LogP contribution in [0.3, 0.4) is 0 Å². The van der Waals surface area contributed by atoms with E-state index in [-0.39, 0.29) is 12.3 Å². The highest BCUT2D eigenvalue weighted by Crippen LogP contribution is 2.23. The molecule has 21 heavy (non-hydrogen) atoms. The quantitative estimate of drug-likeness (QED) is 0.774. The Morgan fingerprint density at radius 3 is 2.38 bits per heavy atom. The molecule has 1 atom stereocenters. The van der Waals surface area contributed by atoms with Crippen molar-refractivity contribution in [2.24, 2.45) is 5.92 Å². The number of hydrogen-bond acceptors (Lipinski definition) is 2. The van der Waals surface area contributed by atoms with E-state index in [1.54, 1.807) is 0 Å². The van der Waals surface area contributed by atoms with Crippen molar-refractivity contribution in [1.82, 2.24) is 5.32 Å². The summed E-state index contributed by atoms with van der Waals surface area (Å²) in [4.78, 5) is 22.8. The molecule has 4 heteroatoms. The highest BCUT2D eigenvalue weighted by molar-refractivity contribution is 5.87. The Hall–Kier alpha value is -1.84. The third-order valence-corrected chi connectivity index (χ3v) is 3.84. The minimum Gasteiger partial charge on any atom is -0.481 e. The number of aliphatic carboxylic acids is 1. The maximum absolute atomic E-state index is 12.3. The van der Waals surface area contributed by atoms with Crippen LogP contribution in [0.25, 0.3) is 0 Å². The largest absolute Gasteiger partial charge is 0.481 e. The molecule has 0 aliphatic carbocycles. The molecule has 0 aliphatic heterocycles. The normalized spacial score (nSPS) is 12.7. The van der Waals surface area contributed by atoms with Crippen LogP contribution in [0.4, 0.5) is 0 Å². The first-order valence-corrected chi connectivity index (χ1v) is 7.39. The number of rotatable bonds is 8. The van der Waals surface area contributed by atoms with E-state index >= 15 is 0 Å². The van der Waals surface area contributed by atoms with Crippen molar-refractivity contribution < 1.29 is 14.7 Å². The monoisotopic (exact) mass is 291 g/mol. The second-order valence-electron chi connectivity index (χ2n) is 6.07. The lowest BCUT2D eigenvalue weighted by molar-refractivity contribution is -0.137. The van der Waals surface area contributed by atoms with Gasteiger partial charge in [0, 0.05) is 13.0 Å². The molecule has 116 valence electrons. The first-order valence-electron chi connectivity index (χ1n) is 7.39. The van der Waals surface area contributed by atoms with Gasteiger partial charge in [0.05, 0.1) is 5.41 Å². The molecule has 0 aromatic heterocycles. The van der Waals surface area contributed by atoms with Crippen LogP contribution in [0, 0.1) is 5.92 Å². The van der Waals surface area contributed by atoms with Gasteiger partial charge in [0.1, 0.15) is 0 Å². The fourth-order valence-electron chi connectivity index (χ4n) is 2.15. The molecule has 0 heterocycles. The molecule has 0 radical (unpaired) electrons. The maximum Gasteiger partial charge on any atom is 0.303 e. The average Bonchev–Trinajstić information content (AvgIpc) is 2.45. The van der Waals surface area contributed by atoms with Gasteiger partial charge in [-0.15, -0.1) is 0 Å². The van der Waals surface area contributed by atoms with Crippen LogP contribution in [-0.4, -0.2) is 23.5 Å². The summed E-state index contributed by atoms with van der Waals surface area (Å²) in [6, 6.07) is 9.70. The Bertz CT molecular complexity index is 468. The van der Waals surface area contributed by atoms with E-state index in [0.717, 1.165) is 12.0 Å². The molecule has 0 saturated carbocycles. The van der Waals surface area contributed by atoms with Crippen LogP contribution < -0.4 is 5.32 Å². The van der Waals surface area contributed by atoms with E-state index in [9.17, 15) is 9.59 Å². The number of hydrogen-bond donors (Lipinski definition) is 2. The average molecular weight is 291 g/mol. The van der Waals surface area contributed by atoms with Crippen LogP contribution in [-0.2, 0) is 15.0 Å². The number of carbonyl (C=O) groups is 2. The Labute approximate surface area is 126 Å². The summed E-state index contributed by atoms with van der Waals surface area (Å²) in [6.07, 6.45) is 1.63. The van der Waals surface area contributed by atoms with Crippen molar-refractivity contribution in [2.75, 3.05) is 6.54 Å². The van der Waals surface area contributed by atoms with Crippen molar-refractivity contribution in [3.8, 4) is 0 Å². The smallest absolute Gasteiger partial charge is 0.303 e. The summed E-state index contributed by atoms with van der Waals surface area (Å²) in [5.74, 6) is -0.475. The molecule has 1 aromatic carbocycles. The summed E-state index contributed by atoms with van der Waals surface area (Å²) in [5, 5.41) is 11.6. The van der Waals surface area contributed by atoms with Gasteiger partial charge in [-0.05, 0) is 38.2 Å². The fourth-order valence-corrected chi connectivity index (χ4v) is 2.15. The van der Waals surface area contributed by atoms with Crippen molar-refractivity contribution in [1.29, 1.82) is 0 Å². The number of carbonyl (C=O) groups excluding carboxylic acids is 1. The Morgan fingerprint density at radius 2 is 1.81 bits per heavy atom. The van der Waals surface area contributed by atoms with Crippen molar-refractivity contribution in [2.45, 2.75) is 45.4 Å². The minimum absolute atomic E-state index is 0.000801. The molecule has 1 rings (SSSR count). The van der Waals surface area contributed by atoms with Gasteiger partial charge in [-0.25, -0.2) is 0 Å². The van der Waals surface area contributed by atoms with Crippen LogP contribution in [0.5, 0.6) is 0 Å². The lowest BCUT2D eigenvalue weighted by atomic mass is 9.83. The van der Waals surface area contributed by atoms with Crippen LogP contribution in [0.15, 0.2) is 30.3 Å². The predicted octanol–water partition coefficient (Wildman–Crippen LogP) is 2.97. The molecule has 1 aromatic rings. The zero-order valence-corrected chi connectivity index (χ0v) is 13.1. The van der Waals surface area contributed by atoms with Gasteiger partial charge in [-0.3, -0.25) is 9.59 Å². The van der Waals surface area contributed by atoms with Crippen LogP contribution in [0.1, 0.15) is 45.6 Å². The predicted molar refractivity (Wildman–Crippen MR) is 83.1 cm³/mol. The van der Waals surface area contributed by atoms with Gasteiger partial charge >= 0.3 is 5.97 Å². The zero-order valence-electron chi connectivity index (χ0n) is 13.1. The SMILES string of the molecule is CC(CCNC(=O)C(C)(C)c1ccccc1)CCC(=O)O. The third-order valence-electron chi connectivity index (χ3n) is 3.84. The van der Waals surface area contributed by atoms with E-state index in [2.05, 4.69) is 5.32 Å². The maximum atomic E-state index is 12.3. The standard InChI is InChI=1S/C17H25NO3/c1-13(9-10-15(19)20)11-12-18-16(21)17(2,3)14-7-5-4-6-8-14/h4-8,13H,9-12H2,1-3H3,(H,18,21)(H,19,20). The highest BCUT2D eigenvalue weighted by Gasteiger charge is 2.29. The van der Waals surface area contributed by atoms with Gasteiger partial charge in [0.2, 0.25) is 5.91 Å². The summed E-state index contributed by atoms with van der Waals surface area (Å²) in [6.45, 7) is 6.41. The van der Waals surface area contributed by atoms with Crippen molar-refractivity contribution in [3.63, 3.8) is 0 Å². The lowest BCUT2D eigenvalue weighted by Crippen LogP contribution is -2.40. The molecule has 4 nitrogen and oxygen atoms in total. The van der Waals surface area contributed by atoms with Crippen LogP contribution >= 0.6 is 0 Å². The zero-order chi connectivity index (χ0) is 15.9. The lowest BCUT2D eigenvalue weighted by Gasteiger charge is -2.24. The summed E-state index contributed by atoms with van der Waals surface area (Å²) < 4.78 is 0. The van der Waals surface area contributed by atoms with Gasteiger partial charge in [0.15, 0.2) is 0 Å². The third kappa shape index (κ3) is 5.58. The molecule has 2 N–H and O–H groups in total.